The third kappa shape index (κ3) is 3.83. The molecule has 0 aliphatic heterocycles. The summed E-state index contributed by atoms with van der Waals surface area (Å²) in [6.07, 6.45) is 0.341. The average Bonchev–Trinajstić information content (AvgIpc) is 3.36. The second-order valence-corrected chi connectivity index (χ2v) is 6.88. The number of H-pyrrole nitrogens is 2. The maximum absolute atomic E-state index is 12.9. The van der Waals surface area contributed by atoms with Crippen LogP contribution in [0.3, 0.4) is 0 Å². The Balaban J connectivity index is 1.67. The van der Waals surface area contributed by atoms with Gasteiger partial charge in [-0.3, -0.25) is 19.1 Å². The lowest BCUT2D eigenvalue weighted by Crippen LogP contribution is -2.13. The largest absolute Gasteiger partial charge is 0.439 e. The number of aromatic nitrogens is 3. The molecule has 2 amide bonds. The van der Waals surface area contributed by atoms with E-state index in [4.69, 9.17) is 11.6 Å². The van der Waals surface area contributed by atoms with E-state index in [9.17, 15) is 14.4 Å². The Labute approximate surface area is 174 Å². The molecule has 10 heteroatoms. The highest BCUT2D eigenvalue weighted by atomic mass is 35.5. The third-order valence-corrected chi connectivity index (χ3v) is 4.66. The lowest BCUT2D eigenvalue weighted by molar-refractivity contribution is -0.115. The van der Waals surface area contributed by atoms with Crippen LogP contribution in [0.1, 0.15) is 23.8 Å². The maximum atomic E-state index is 12.9. The summed E-state index contributed by atoms with van der Waals surface area (Å²) in [5.74, 6) is -1.14. The molecule has 9 nitrogen and oxygen atoms in total. The summed E-state index contributed by atoms with van der Waals surface area (Å²) in [6, 6.07) is 11.8. The van der Waals surface area contributed by atoms with Gasteiger partial charge in [0, 0.05) is 22.4 Å². The monoisotopic (exact) mass is 425 g/mol. The number of benzene rings is 2. The fourth-order valence-electron chi connectivity index (χ4n) is 2.98. The SMILES string of the molecule is CCC(=O)Nc1cccc2cc(C(=O)Nc3ccc(Cl)cc3-c3noc(=O)[nH]3)[nH]c12. The summed E-state index contributed by atoms with van der Waals surface area (Å²) in [6.45, 7) is 1.76. The molecule has 2 aromatic heterocycles. The molecule has 4 N–H and O–H groups in total. The van der Waals surface area contributed by atoms with Gasteiger partial charge in [0.25, 0.3) is 5.91 Å². The number of carbonyl (C=O) groups is 2. The van der Waals surface area contributed by atoms with E-state index in [2.05, 4.69) is 30.3 Å². The molecule has 0 saturated heterocycles. The van der Waals surface area contributed by atoms with Crippen molar-refractivity contribution < 1.29 is 14.1 Å². The second kappa shape index (κ2) is 7.88. The summed E-state index contributed by atoms with van der Waals surface area (Å²) in [5.41, 5.74) is 2.30. The van der Waals surface area contributed by atoms with Gasteiger partial charge >= 0.3 is 5.76 Å². The normalized spacial score (nSPS) is 10.9. The van der Waals surface area contributed by atoms with Crippen molar-refractivity contribution in [3.8, 4) is 11.4 Å². The van der Waals surface area contributed by atoms with Gasteiger partial charge in [0.05, 0.1) is 16.9 Å². The molecule has 4 aromatic rings. The van der Waals surface area contributed by atoms with E-state index in [0.29, 0.717) is 33.9 Å². The number of aromatic amines is 2. The first-order valence-electron chi connectivity index (χ1n) is 9.03. The molecule has 152 valence electrons. The Kier molecular flexibility index (Phi) is 5.11. The minimum absolute atomic E-state index is 0.129. The van der Waals surface area contributed by atoms with E-state index in [1.165, 1.54) is 0 Å². The molecule has 0 radical (unpaired) electrons. The van der Waals surface area contributed by atoms with Gasteiger partial charge in [0.15, 0.2) is 5.82 Å². The van der Waals surface area contributed by atoms with Crippen LogP contribution in [0.25, 0.3) is 22.3 Å². The summed E-state index contributed by atoms with van der Waals surface area (Å²) < 4.78 is 4.54. The van der Waals surface area contributed by atoms with Crippen LogP contribution in [-0.2, 0) is 4.79 Å². The first-order valence-corrected chi connectivity index (χ1v) is 9.41. The average molecular weight is 426 g/mol. The number of anilines is 2. The summed E-state index contributed by atoms with van der Waals surface area (Å²) >= 11 is 6.05. The van der Waals surface area contributed by atoms with Gasteiger partial charge in [-0.1, -0.05) is 35.8 Å². The van der Waals surface area contributed by atoms with Crippen molar-refractivity contribution in [3.05, 3.63) is 63.7 Å². The predicted molar refractivity (Wildman–Crippen MR) is 113 cm³/mol. The summed E-state index contributed by atoms with van der Waals surface area (Å²) in [7, 11) is 0. The zero-order valence-corrected chi connectivity index (χ0v) is 16.5. The zero-order valence-electron chi connectivity index (χ0n) is 15.7. The first-order chi connectivity index (χ1) is 14.4. The molecule has 0 aliphatic carbocycles. The van der Waals surface area contributed by atoms with Gasteiger partial charge in [-0.15, -0.1) is 0 Å². The van der Waals surface area contributed by atoms with Crippen LogP contribution in [0.5, 0.6) is 0 Å². The highest BCUT2D eigenvalue weighted by molar-refractivity contribution is 6.31. The number of halogens is 1. The van der Waals surface area contributed by atoms with Crippen molar-refractivity contribution in [3.63, 3.8) is 0 Å². The highest BCUT2D eigenvalue weighted by Crippen LogP contribution is 2.29. The van der Waals surface area contributed by atoms with Crippen LogP contribution in [0.15, 0.2) is 51.8 Å². The van der Waals surface area contributed by atoms with Gasteiger partial charge in [-0.25, -0.2) is 4.79 Å². The number of hydrogen-bond acceptors (Lipinski definition) is 5. The fraction of sp³-hybridized carbons (Fsp3) is 0.100. The third-order valence-electron chi connectivity index (χ3n) is 4.42. The molecular formula is C20H16ClN5O4. The van der Waals surface area contributed by atoms with Crippen LogP contribution < -0.4 is 16.4 Å². The van der Waals surface area contributed by atoms with E-state index < -0.39 is 11.7 Å². The number of nitrogens with zero attached hydrogens (tertiary/aromatic N) is 1. The molecule has 0 unspecified atom stereocenters. The zero-order chi connectivity index (χ0) is 21.3. The van der Waals surface area contributed by atoms with Crippen molar-refractivity contribution >= 4 is 45.7 Å². The van der Waals surface area contributed by atoms with Gasteiger partial charge < -0.3 is 15.6 Å². The van der Waals surface area contributed by atoms with Gasteiger partial charge in [0.2, 0.25) is 5.91 Å². The smallest absolute Gasteiger partial charge is 0.349 e. The maximum Gasteiger partial charge on any atom is 0.439 e. The van der Waals surface area contributed by atoms with E-state index >= 15 is 0 Å². The fourth-order valence-corrected chi connectivity index (χ4v) is 3.15. The van der Waals surface area contributed by atoms with Crippen LogP contribution in [0.2, 0.25) is 5.02 Å². The molecule has 0 spiro atoms. The van der Waals surface area contributed by atoms with Crippen LogP contribution in [0.4, 0.5) is 11.4 Å². The van der Waals surface area contributed by atoms with E-state index in [-0.39, 0.29) is 17.4 Å². The standard InChI is InChI=1S/C20H16ClN5O4/c1-2-16(27)22-14-5-3-4-10-8-15(23-17(10)14)19(28)24-13-7-6-11(21)9-12(13)18-25-20(29)30-26-18/h3-9,23H,2H2,1H3,(H,22,27)(H,24,28)(H,25,26,29). The van der Waals surface area contributed by atoms with Crippen molar-refractivity contribution in [2.75, 3.05) is 10.6 Å². The topological polar surface area (TPSA) is 133 Å². The van der Waals surface area contributed by atoms with Crippen molar-refractivity contribution in [1.82, 2.24) is 15.1 Å². The highest BCUT2D eigenvalue weighted by Gasteiger charge is 2.17. The Hall–Kier alpha value is -3.85. The van der Waals surface area contributed by atoms with E-state index in [0.717, 1.165) is 5.39 Å². The number of para-hydroxylation sites is 1. The molecule has 30 heavy (non-hydrogen) atoms. The van der Waals surface area contributed by atoms with Gasteiger partial charge in [0.1, 0.15) is 5.69 Å². The van der Waals surface area contributed by atoms with Gasteiger partial charge in [-0.05, 0) is 30.3 Å². The van der Waals surface area contributed by atoms with E-state index in [1.54, 1.807) is 43.3 Å². The van der Waals surface area contributed by atoms with Crippen molar-refractivity contribution in [2.45, 2.75) is 13.3 Å². The second-order valence-electron chi connectivity index (χ2n) is 6.44. The Morgan fingerprint density at radius 1 is 1.10 bits per heavy atom. The Bertz CT molecular complexity index is 1320. The number of amides is 2. The van der Waals surface area contributed by atoms with E-state index in [1.807, 2.05) is 6.07 Å². The molecule has 0 bridgehead atoms. The lowest BCUT2D eigenvalue weighted by Gasteiger charge is -2.09. The molecule has 0 fully saturated rings. The molecule has 0 atom stereocenters. The molecule has 0 aliphatic rings. The predicted octanol–water partition coefficient (Wildman–Crippen LogP) is 3.77. The first kappa shape index (κ1) is 19.5. The molecule has 0 saturated carbocycles. The van der Waals surface area contributed by atoms with Crippen molar-refractivity contribution in [1.29, 1.82) is 0 Å². The number of carbonyl (C=O) groups excluding carboxylic acids is 2. The summed E-state index contributed by atoms with van der Waals surface area (Å²) in [4.78, 5) is 41.4. The van der Waals surface area contributed by atoms with Crippen LogP contribution in [-0.4, -0.2) is 26.9 Å². The minimum atomic E-state index is -0.723. The molecule has 2 aromatic carbocycles. The van der Waals surface area contributed by atoms with Crippen LogP contribution in [0, 0.1) is 0 Å². The van der Waals surface area contributed by atoms with Crippen molar-refractivity contribution in [2.24, 2.45) is 0 Å². The number of rotatable bonds is 5. The summed E-state index contributed by atoms with van der Waals surface area (Å²) in [5, 5.41) is 10.4. The molecule has 4 rings (SSSR count). The Morgan fingerprint density at radius 3 is 2.67 bits per heavy atom. The van der Waals surface area contributed by atoms with Gasteiger partial charge in [-0.2, -0.15) is 0 Å². The van der Waals surface area contributed by atoms with Crippen LogP contribution >= 0.6 is 11.6 Å². The Morgan fingerprint density at radius 2 is 1.93 bits per heavy atom. The number of hydrogen-bond donors (Lipinski definition) is 4. The molecule has 2 heterocycles. The number of fused-ring (bicyclic) bond motifs is 1. The lowest BCUT2D eigenvalue weighted by atomic mass is 10.1. The number of nitrogens with one attached hydrogen (secondary N) is 4. The quantitative estimate of drug-likeness (QED) is 0.386. The minimum Gasteiger partial charge on any atom is -0.349 e. The molecular weight excluding hydrogens is 410 g/mol.